The van der Waals surface area contributed by atoms with E-state index in [1.54, 1.807) is 41.5 Å². The SMILES string of the molecule is CC(C)(C)OC(=O)N(C[C@@H]1CCCN1Cc1ccccc1)C(=O)OC(C)(C)C. The zero-order valence-corrected chi connectivity index (χ0v) is 18.0. The molecule has 6 heteroatoms. The zero-order valence-electron chi connectivity index (χ0n) is 18.0. The molecule has 1 saturated heterocycles. The highest BCUT2D eigenvalue weighted by Gasteiger charge is 2.35. The molecule has 28 heavy (non-hydrogen) atoms. The molecule has 1 fully saturated rings. The summed E-state index contributed by atoms with van der Waals surface area (Å²) in [6.45, 7) is 12.7. The number of likely N-dealkylation sites (tertiary alicyclic amines) is 1. The van der Waals surface area contributed by atoms with Crippen molar-refractivity contribution in [2.24, 2.45) is 0 Å². The van der Waals surface area contributed by atoms with Crippen molar-refractivity contribution in [2.45, 2.75) is 78.2 Å². The van der Waals surface area contributed by atoms with Crippen molar-refractivity contribution in [3.63, 3.8) is 0 Å². The smallest absolute Gasteiger partial charge is 0.419 e. The van der Waals surface area contributed by atoms with Gasteiger partial charge in [0.15, 0.2) is 0 Å². The van der Waals surface area contributed by atoms with Crippen LogP contribution >= 0.6 is 0 Å². The lowest BCUT2D eigenvalue weighted by molar-refractivity contribution is -0.00286. The van der Waals surface area contributed by atoms with Gasteiger partial charge < -0.3 is 9.47 Å². The van der Waals surface area contributed by atoms with Crippen molar-refractivity contribution in [2.75, 3.05) is 13.1 Å². The summed E-state index contributed by atoms with van der Waals surface area (Å²) >= 11 is 0. The molecule has 1 aromatic carbocycles. The van der Waals surface area contributed by atoms with Crippen LogP contribution in [0.15, 0.2) is 30.3 Å². The molecule has 0 unspecified atom stereocenters. The van der Waals surface area contributed by atoms with E-state index in [1.807, 2.05) is 18.2 Å². The van der Waals surface area contributed by atoms with Gasteiger partial charge in [0.25, 0.3) is 0 Å². The molecule has 1 heterocycles. The van der Waals surface area contributed by atoms with Crippen LogP contribution in [0.3, 0.4) is 0 Å². The van der Waals surface area contributed by atoms with Gasteiger partial charge in [-0.3, -0.25) is 4.90 Å². The van der Waals surface area contributed by atoms with Crippen LogP contribution in [0.25, 0.3) is 0 Å². The van der Waals surface area contributed by atoms with Crippen molar-refractivity contribution in [1.29, 1.82) is 0 Å². The molecule has 0 N–H and O–H groups in total. The predicted molar refractivity (Wildman–Crippen MR) is 109 cm³/mol. The standard InChI is InChI=1S/C22H34N2O4/c1-21(2,3)27-19(25)24(20(26)28-22(4,5)6)16-18-13-10-14-23(18)15-17-11-8-7-9-12-17/h7-9,11-12,18H,10,13-16H2,1-6H3/t18-/m0/s1. The number of benzene rings is 1. The van der Waals surface area contributed by atoms with Gasteiger partial charge in [-0.25, -0.2) is 14.5 Å². The molecule has 1 atom stereocenters. The Labute approximate surface area is 168 Å². The van der Waals surface area contributed by atoms with Gasteiger partial charge in [-0.2, -0.15) is 0 Å². The molecule has 0 radical (unpaired) electrons. The fourth-order valence-electron chi connectivity index (χ4n) is 3.20. The van der Waals surface area contributed by atoms with E-state index in [0.717, 1.165) is 30.8 Å². The average Bonchev–Trinajstić information content (AvgIpc) is 2.97. The number of imide groups is 1. The van der Waals surface area contributed by atoms with Gasteiger partial charge in [-0.1, -0.05) is 30.3 Å². The van der Waals surface area contributed by atoms with E-state index in [-0.39, 0.29) is 12.6 Å². The zero-order chi connectivity index (χ0) is 20.9. The van der Waals surface area contributed by atoms with Crippen LogP contribution in [0, 0.1) is 0 Å². The molecule has 2 amide bonds. The number of hydrogen-bond donors (Lipinski definition) is 0. The third-order valence-electron chi connectivity index (χ3n) is 4.35. The molecule has 0 bridgehead atoms. The first-order valence-electron chi connectivity index (χ1n) is 9.96. The van der Waals surface area contributed by atoms with Crippen LogP contribution in [-0.4, -0.2) is 52.3 Å². The molecular formula is C22H34N2O4. The molecule has 1 aromatic rings. The van der Waals surface area contributed by atoms with E-state index in [2.05, 4.69) is 17.0 Å². The van der Waals surface area contributed by atoms with Crippen LogP contribution in [0.4, 0.5) is 9.59 Å². The number of nitrogens with zero attached hydrogens (tertiary/aromatic N) is 2. The average molecular weight is 391 g/mol. The summed E-state index contributed by atoms with van der Waals surface area (Å²) in [5.74, 6) is 0. The lowest BCUT2D eigenvalue weighted by Crippen LogP contribution is -2.49. The Morgan fingerprint density at radius 2 is 1.54 bits per heavy atom. The fraction of sp³-hybridized carbons (Fsp3) is 0.636. The molecule has 6 nitrogen and oxygen atoms in total. The minimum Gasteiger partial charge on any atom is -0.443 e. The van der Waals surface area contributed by atoms with Gasteiger partial charge >= 0.3 is 12.2 Å². The van der Waals surface area contributed by atoms with Gasteiger partial charge in [0.2, 0.25) is 0 Å². The van der Waals surface area contributed by atoms with E-state index < -0.39 is 23.4 Å². The molecule has 2 rings (SSSR count). The first-order chi connectivity index (χ1) is 12.9. The summed E-state index contributed by atoms with van der Waals surface area (Å²) in [7, 11) is 0. The largest absolute Gasteiger partial charge is 0.443 e. The van der Waals surface area contributed by atoms with Crippen LogP contribution in [0.2, 0.25) is 0 Å². The number of hydrogen-bond acceptors (Lipinski definition) is 5. The van der Waals surface area contributed by atoms with Crippen molar-refractivity contribution in [3.05, 3.63) is 35.9 Å². The summed E-state index contributed by atoms with van der Waals surface area (Å²) in [6, 6.07) is 10.3. The second kappa shape index (κ2) is 8.95. The molecular weight excluding hydrogens is 356 g/mol. The third-order valence-corrected chi connectivity index (χ3v) is 4.35. The number of ether oxygens (including phenoxy) is 2. The minimum absolute atomic E-state index is 0.0836. The Morgan fingerprint density at radius 1 is 1.00 bits per heavy atom. The maximum atomic E-state index is 12.7. The number of rotatable bonds is 4. The van der Waals surface area contributed by atoms with Gasteiger partial charge in [0.05, 0.1) is 6.54 Å². The quantitative estimate of drug-likeness (QED) is 0.737. The van der Waals surface area contributed by atoms with E-state index in [1.165, 1.54) is 5.56 Å². The molecule has 0 spiro atoms. The minimum atomic E-state index is -0.684. The van der Waals surface area contributed by atoms with Crippen molar-refractivity contribution >= 4 is 12.2 Å². The molecule has 156 valence electrons. The third kappa shape index (κ3) is 7.15. The first-order valence-corrected chi connectivity index (χ1v) is 9.96. The van der Waals surface area contributed by atoms with Gasteiger partial charge in [-0.15, -0.1) is 0 Å². The second-order valence-electron chi connectivity index (χ2n) is 9.32. The Bertz CT molecular complexity index is 633. The number of carbonyl (C=O) groups excluding carboxylic acids is 2. The Morgan fingerprint density at radius 3 is 2.04 bits per heavy atom. The van der Waals surface area contributed by atoms with E-state index >= 15 is 0 Å². The molecule has 0 saturated carbocycles. The monoisotopic (exact) mass is 390 g/mol. The first kappa shape index (κ1) is 22.2. The summed E-state index contributed by atoms with van der Waals surface area (Å²) in [4.78, 5) is 28.9. The Hall–Kier alpha value is -2.08. The van der Waals surface area contributed by atoms with E-state index in [0.29, 0.717) is 0 Å². The summed E-state index contributed by atoms with van der Waals surface area (Å²) < 4.78 is 10.9. The van der Waals surface area contributed by atoms with Gasteiger partial charge in [0.1, 0.15) is 11.2 Å². The van der Waals surface area contributed by atoms with Crippen molar-refractivity contribution in [3.8, 4) is 0 Å². The van der Waals surface area contributed by atoms with E-state index in [9.17, 15) is 9.59 Å². The Kier molecular flexibility index (Phi) is 7.10. The summed E-state index contributed by atoms with van der Waals surface area (Å²) in [5, 5.41) is 0. The van der Waals surface area contributed by atoms with Crippen LogP contribution < -0.4 is 0 Å². The maximum absolute atomic E-state index is 12.7. The van der Waals surface area contributed by atoms with Crippen LogP contribution in [0.1, 0.15) is 59.9 Å². The van der Waals surface area contributed by atoms with Gasteiger partial charge in [-0.05, 0) is 66.5 Å². The number of carbonyl (C=O) groups is 2. The van der Waals surface area contributed by atoms with Crippen LogP contribution in [-0.2, 0) is 16.0 Å². The number of amides is 2. The molecule has 1 aliphatic rings. The summed E-state index contributed by atoms with van der Waals surface area (Å²) in [6.07, 6.45) is 0.643. The maximum Gasteiger partial charge on any atom is 0.419 e. The lowest BCUT2D eigenvalue weighted by Gasteiger charge is -2.32. The highest BCUT2D eigenvalue weighted by atomic mass is 16.6. The fourth-order valence-corrected chi connectivity index (χ4v) is 3.20. The molecule has 1 aliphatic heterocycles. The highest BCUT2D eigenvalue weighted by molar-refractivity contribution is 5.88. The van der Waals surface area contributed by atoms with Crippen LogP contribution in [0.5, 0.6) is 0 Å². The molecule has 0 aliphatic carbocycles. The van der Waals surface area contributed by atoms with Gasteiger partial charge in [0, 0.05) is 12.6 Å². The Balaban J connectivity index is 2.13. The second-order valence-corrected chi connectivity index (χ2v) is 9.32. The molecule has 0 aromatic heterocycles. The van der Waals surface area contributed by atoms with E-state index in [4.69, 9.17) is 9.47 Å². The summed E-state index contributed by atoms with van der Waals surface area (Å²) in [5.41, 5.74) is -0.150. The lowest BCUT2D eigenvalue weighted by atomic mass is 10.1. The van der Waals surface area contributed by atoms with Crippen molar-refractivity contribution < 1.29 is 19.1 Å². The highest BCUT2D eigenvalue weighted by Crippen LogP contribution is 2.23. The topological polar surface area (TPSA) is 59.1 Å². The normalized spacial score (nSPS) is 18.0. The van der Waals surface area contributed by atoms with Crippen molar-refractivity contribution in [1.82, 2.24) is 9.80 Å². The predicted octanol–water partition coefficient (Wildman–Crippen LogP) is 4.82.